The van der Waals surface area contributed by atoms with Crippen LogP contribution in [0.25, 0.3) is 0 Å². The number of rotatable bonds is 7. The molecule has 0 aliphatic heterocycles. The zero-order valence-electron chi connectivity index (χ0n) is 15.5. The van der Waals surface area contributed by atoms with Crippen LogP contribution in [-0.4, -0.2) is 33.8 Å². The summed E-state index contributed by atoms with van der Waals surface area (Å²) in [5.74, 6) is 0.822. The van der Waals surface area contributed by atoms with Crippen molar-refractivity contribution in [1.29, 1.82) is 5.41 Å². The van der Waals surface area contributed by atoms with E-state index in [9.17, 15) is 4.79 Å². The molecule has 0 saturated carbocycles. The van der Waals surface area contributed by atoms with Gasteiger partial charge < -0.3 is 20.2 Å². The molecule has 1 heterocycles. The Hall–Kier alpha value is -2.96. The minimum absolute atomic E-state index is 0.0234. The molecule has 0 aliphatic rings. The first-order chi connectivity index (χ1) is 12.2. The predicted octanol–water partition coefficient (Wildman–Crippen LogP) is 3.20. The number of nitrogens with one attached hydrogen (secondary N) is 2. The van der Waals surface area contributed by atoms with Gasteiger partial charge in [0.1, 0.15) is 24.5 Å². The largest absolute Gasteiger partial charge is 0.486 e. The van der Waals surface area contributed by atoms with Crippen LogP contribution in [-0.2, 0) is 16.1 Å². The Morgan fingerprint density at radius 3 is 2.54 bits per heavy atom. The van der Waals surface area contributed by atoms with Gasteiger partial charge in [-0.15, -0.1) is 0 Å². The summed E-state index contributed by atoms with van der Waals surface area (Å²) in [6.07, 6.45) is 3.31. The van der Waals surface area contributed by atoms with Gasteiger partial charge in [0, 0.05) is 29.4 Å². The molecule has 7 nitrogen and oxygen atoms in total. The van der Waals surface area contributed by atoms with E-state index in [2.05, 4.69) is 15.3 Å². The molecule has 2 rings (SSSR count). The number of aromatic nitrogens is 2. The zero-order chi connectivity index (χ0) is 19.2. The number of hydrogen-bond acceptors (Lipinski definition) is 7. The van der Waals surface area contributed by atoms with Gasteiger partial charge >= 0.3 is 5.97 Å². The molecule has 1 aromatic heterocycles. The van der Waals surface area contributed by atoms with E-state index in [1.54, 1.807) is 43.6 Å². The summed E-state index contributed by atoms with van der Waals surface area (Å²) in [5, 5.41) is 11.0. The van der Waals surface area contributed by atoms with Gasteiger partial charge in [-0.2, -0.15) is 0 Å². The van der Waals surface area contributed by atoms with Gasteiger partial charge in [0.15, 0.2) is 5.82 Å². The number of hydrogen-bond donors (Lipinski definition) is 2. The molecule has 0 radical (unpaired) electrons. The van der Waals surface area contributed by atoms with Crippen molar-refractivity contribution in [3.8, 4) is 5.75 Å². The van der Waals surface area contributed by atoms with Crippen LogP contribution < -0.4 is 10.1 Å². The van der Waals surface area contributed by atoms with Crippen molar-refractivity contribution in [2.24, 2.45) is 0 Å². The molecule has 0 atom stereocenters. The summed E-state index contributed by atoms with van der Waals surface area (Å²) in [5.41, 5.74) is 1.15. The Bertz CT molecular complexity index is 770. The number of carbonyl (C=O) groups is 1. The lowest BCUT2D eigenvalue weighted by molar-refractivity contribution is -0.152. The van der Waals surface area contributed by atoms with Crippen molar-refractivity contribution >= 4 is 17.4 Å². The van der Waals surface area contributed by atoms with Crippen LogP contribution in [0.3, 0.4) is 0 Å². The lowest BCUT2D eigenvalue weighted by Crippen LogP contribution is -2.28. The second-order valence-corrected chi connectivity index (χ2v) is 6.73. The topological polar surface area (TPSA) is 97.2 Å². The van der Waals surface area contributed by atoms with Crippen molar-refractivity contribution in [2.75, 3.05) is 11.9 Å². The van der Waals surface area contributed by atoms with Gasteiger partial charge in [-0.3, -0.25) is 4.79 Å². The third kappa shape index (κ3) is 6.16. The average Bonchev–Trinajstić information content (AvgIpc) is 2.57. The van der Waals surface area contributed by atoms with E-state index in [1.807, 2.05) is 20.8 Å². The minimum atomic E-state index is -0.531. The molecule has 0 saturated heterocycles. The quantitative estimate of drug-likeness (QED) is 0.584. The van der Waals surface area contributed by atoms with Crippen molar-refractivity contribution in [3.63, 3.8) is 0 Å². The number of anilines is 1. The fraction of sp³-hybridized carbons (Fsp3) is 0.368. The standard InChI is InChI=1S/C19H24N4O3/c1-13(20)15-10-14(25-12-17-21-8-5-9-22-17)6-7-16(15)23-11-18(24)26-19(2,3)4/h5-10,20,23H,11-12H2,1-4H3. The average molecular weight is 356 g/mol. The van der Waals surface area contributed by atoms with E-state index in [4.69, 9.17) is 14.9 Å². The molecular weight excluding hydrogens is 332 g/mol. The van der Waals surface area contributed by atoms with Crippen molar-refractivity contribution in [3.05, 3.63) is 48.0 Å². The third-order valence-electron chi connectivity index (χ3n) is 3.23. The maximum Gasteiger partial charge on any atom is 0.325 e. The molecule has 7 heteroatoms. The summed E-state index contributed by atoms with van der Waals surface area (Å²) in [6, 6.07) is 7.04. The summed E-state index contributed by atoms with van der Waals surface area (Å²) in [4.78, 5) is 20.1. The first-order valence-corrected chi connectivity index (χ1v) is 8.28. The summed E-state index contributed by atoms with van der Waals surface area (Å²) >= 11 is 0. The lowest BCUT2D eigenvalue weighted by atomic mass is 10.1. The van der Waals surface area contributed by atoms with E-state index < -0.39 is 5.60 Å². The highest BCUT2D eigenvalue weighted by atomic mass is 16.6. The fourth-order valence-electron chi connectivity index (χ4n) is 2.17. The number of carbonyl (C=O) groups excluding carboxylic acids is 1. The van der Waals surface area contributed by atoms with Crippen LogP contribution >= 0.6 is 0 Å². The molecule has 1 aromatic carbocycles. The fourth-order valence-corrected chi connectivity index (χ4v) is 2.17. The number of ether oxygens (including phenoxy) is 2. The number of benzene rings is 1. The van der Waals surface area contributed by atoms with E-state index in [0.717, 1.165) is 0 Å². The smallest absolute Gasteiger partial charge is 0.325 e. The molecule has 0 unspecified atom stereocenters. The molecule has 0 fully saturated rings. The van der Waals surface area contributed by atoms with Gasteiger partial charge in [0.05, 0.1) is 0 Å². The summed E-state index contributed by atoms with van der Waals surface area (Å²) in [7, 11) is 0. The Morgan fingerprint density at radius 2 is 1.92 bits per heavy atom. The molecule has 0 amide bonds. The predicted molar refractivity (Wildman–Crippen MR) is 99.6 cm³/mol. The Morgan fingerprint density at radius 1 is 1.23 bits per heavy atom. The number of nitrogens with zero attached hydrogens (tertiary/aromatic N) is 2. The van der Waals surface area contributed by atoms with Crippen molar-refractivity contribution < 1.29 is 14.3 Å². The normalized spacial score (nSPS) is 10.9. The second kappa shape index (κ2) is 8.42. The van der Waals surface area contributed by atoms with Crippen LogP contribution in [0, 0.1) is 5.41 Å². The van der Waals surface area contributed by atoms with Crippen LogP contribution in [0.4, 0.5) is 5.69 Å². The summed E-state index contributed by atoms with van der Waals surface area (Å²) in [6.45, 7) is 7.40. The number of esters is 1. The molecule has 0 bridgehead atoms. The lowest BCUT2D eigenvalue weighted by Gasteiger charge is -2.20. The monoisotopic (exact) mass is 356 g/mol. The van der Waals surface area contributed by atoms with Gasteiger partial charge in [0.25, 0.3) is 0 Å². The second-order valence-electron chi connectivity index (χ2n) is 6.73. The molecule has 138 valence electrons. The Labute approximate surface area is 153 Å². The zero-order valence-corrected chi connectivity index (χ0v) is 15.5. The van der Waals surface area contributed by atoms with Crippen molar-refractivity contribution in [1.82, 2.24) is 9.97 Å². The highest BCUT2D eigenvalue weighted by molar-refractivity contribution is 6.02. The van der Waals surface area contributed by atoms with E-state index >= 15 is 0 Å². The third-order valence-corrected chi connectivity index (χ3v) is 3.23. The SMILES string of the molecule is CC(=N)c1cc(OCc2ncccn2)ccc1NCC(=O)OC(C)(C)C. The van der Waals surface area contributed by atoms with Gasteiger partial charge in [-0.1, -0.05) is 0 Å². The molecular formula is C19H24N4O3. The molecule has 0 aliphatic carbocycles. The van der Waals surface area contributed by atoms with Gasteiger partial charge in [-0.05, 0) is 52.0 Å². The van der Waals surface area contributed by atoms with Crippen molar-refractivity contribution in [2.45, 2.75) is 39.9 Å². The Balaban J connectivity index is 2.03. The summed E-state index contributed by atoms with van der Waals surface area (Å²) < 4.78 is 11.0. The molecule has 2 aromatic rings. The Kier molecular flexibility index (Phi) is 6.27. The molecule has 0 spiro atoms. The highest BCUT2D eigenvalue weighted by Crippen LogP contribution is 2.23. The van der Waals surface area contributed by atoms with Crippen LogP contribution in [0.2, 0.25) is 0 Å². The maximum atomic E-state index is 11.9. The van der Waals surface area contributed by atoms with Crippen LogP contribution in [0.1, 0.15) is 39.1 Å². The first kappa shape index (κ1) is 19.4. The first-order valence-electron chi connectivity index (χ1n) is 8.28. The van der Waals surface area contributed by atoms with Crippen LogP contribution in [0.5, 0.6) is 5.75 Å². The molecule has 26 heavy (non-hydrogen) atoms. The van der Waals surface area contributed by atoms with Gasteiger partial charge in [0.2, 0.25) is 0 Å². The van der Waals surface area contributed by atoms with Gasteiger partial charge in [-0.25, -0.2) is 9.97 Å². The van der Waals surface area contributed by atoms with E-state index in [0.29, 0.717) is 28.5 Å². The molecule has 2 N–H and O–H groups in total. The highest BCUT2D eigenvalue weighted by Gasteiger charge is 2.16. The van der Waals surface area contributed by atoms with E-state index in [1.165, 1.54) is 0 Å². The van der Waals surface area contributed by atoms with Crippen LogP contribution in [0.15, 0.2) is 36.7 Å². The maximum absolute atomic E-state index is 11.9. The van der Waals surface area contributed by atoms with E-state index in [-0.39, 0.29) is 19.1 Å². The minimum Gasteiger partial charge on any atom is -0.486 e.